The summed E-state index contributed by atoms with van der Waals surface area (Å²) in [6.07, 6.45) is -0.630. The summed E-state index contributed by atoms with van der Waals surface area (Å²) in [5.41, 5.74) is 0. The molecule has 1 heterocycles. The van der Waals surface area contributed by atoms with Crippen molar-refractivity contribution in [2.45, 2.75) is 39.9 Å². The lowest BCUT2D eigenvalue weighted by molar-refractivity contribution is 0.131. The molecule has 1 aliphatic heterocycles. The van der Waals surface area contributed by atoms with Gasteiger partial charge in [-0.15, -0.1) is 0 Å². The lowest BCUT2D eigenvalue weighted by Gasteiger charge is -2.22. The van der Waals surface area contributed by atoms with E-state index in [-0.39, 0.29) is 24.0 Å². The highest BCUT2D eigenvalue weighted by atomic mass is 32.3. The zero-order chi connectivity index (χ0) is 10.2. The summed E-state index contributed by atoms with van der Waals surface area (Å²) in [5.74, 6) is 0.347. The molecule has 0 radical (unpaired) electrons. The fraction of sp³-hybridized carbons (Fsp3) is 1.00. The molecule has 1 aliphatic rings. The lowest BCUT2D eigenvalue weighted by atomic mass is 9.88. The van der Waals surface area contributed by atoms with E-state index in [1.54, 1.807) is 13.8 Å². The second-order valence-electron chi connectivity index (χ2n) is 3.73. The summed E-state index contributed by atoms with van der Waals surface area (Å²) in [5, 5.41) is 0. The van der Waals surface area contributed by atoms with Crippen LogP contribution in [0.1, 0.15) is 27.7 Å². The molecule has 13 heavy (non-hydrogen) atoms. The van der Waals surface area contributed by atoms with Crippen molar-refractivity contribution in [3.63, 3.8) is 0 Å². The van der Waals surface area contributed by atoms with Gasteiger partial charge in [-0.1, -0.05) is 13.8 Å². The molecule has 78 valence electrons. The van der Waals surface area contributed by atoms with Crippen molar-refractivity contribution in [2.75, 3.05) is 0 Å². The van der Waals surface area contributed by atoms with Crippen LogP contribution >= 0.6 is 0 Å². The molecule has 1 rings (SSSR count). The SMILES string of the molecule is C[C@H]1[C@H](C)[C@@H](C)OS(=O)(=O)O[C@@H]1C. The van der Waals surface area contributed by atoms with Gasteiger partial charge in [-0.2, -0.15) is 8.42 Å². The molecule has 0 bridgehead atoms. The maximum atomic E-state index is 11.1. The minimum atomic E-state index is -3.78. The Hall–Kier alpha value is -0.130. The molecule has 0 amide bonds. The molecule has 4 atom stereocenters. The number of hydrogen-bond donors (Lipinski definition) is 0. The molecule has 0 aromatic rings. The van der Waals surface area contributed by atoms with Crippen molar-refractivity contribution in [3.05, 3.63) is 0 Å². The van der Waals surface area contributed by atoms with Crippen molar-refractivity contribution in [1.29, 1.82) is 0 Å². The Bertz CT molecular complexity index is 250. The molecule has 1 saturated heterocycles. The highest BCUT2D eigenvalue weighted by molar-refractivity contribution is 7.81. The maximum Gasteiger partial charge on any atom is 0.400 e. The van der Waals surface area contributed by atoms with Gasteiger partial charge in [0.05, 0.1) is 12.2 Å². The van der Waals surface area contributed by atoms with Crippen LogP contribution in [0.4, 0.5) is 0 Å². The Morgan fingerprint density at radius 1 is 0.846 bits per heavy atom. The third-order valence-electron chi connectivity index (χ3n) is 2.85. The molecule has 5 heteroatoms. The Labute approximate surface area is 79.6 Å². The Kier molecular flexibility index (Phi) is 2.99. The van der Waals surface area contributed by atoms with Gasteiger partial charge in [-0.05, 0) is 25.7 Å². The summed E-state index contributed by atoms with van der Waals surface area (Å²) in [6, 6.07) is 0. The van der Waals surface area contributed by atoms with Crippen molar-refractivity contribution >= 4 is 10.4 Å². The average Bonchev–Trinajstić information content (AvgIpc) is 2.03. The maximum absolute atomic E-state index is 11.1. The summed E-state index contributed by atoms with van der Waals surface area (Å²) in [7, 11) is -3.78. The Morgan fingerprint density at radius 3 is 1.46 bits per heavy atom. The van der Waals surface area contributed by atoms with Crippen LogP contribution in [-0.4, -0.2) is 20.6 Å². The normalized spacial score (nSPS) is 45.5. The zero-order valence-electron chi connectivity index (χ0n) is 8.35. The number of rotatable bonds is 0. The summed E-state index contributed by atoms with van der Waals surface area (Å²) >= 11 is 0. The van der Waals surface area contributed by atoms with Crippen LogP contribution < -0.4 is 0 Å². The van der Waals surface area contributed by atoms with Crippen LogP contribution in [0.15, 0.2) is 0 Å². The van der Waals surface area contributed by atoms with Crippen molar-refractivity contribution in [2.24, 2.45) is 11.8 Å². The van der Waals surface area contributed by atoms with Crippen LogP contribution in [-0.2, 0) is 18.8 Å². The number of hydrogen-bond acceptors (Lipinski definition) is 4. The molecule has 0 aliphatic carbocycles. The van der Waals surface area contributed by atoms with Crippen molar-refractivity contribution < 1.29 is 16.8 Å². The monoisotopic (exact) mass is 208 g/mol. The van der Waals surface area contributed by atoms with Crippen LogP contribution in [0.3, 0.4) is 0 Å². The first-order chi connectivity index (χ1) is 5.83. The third kappa shape index (κ3) is 2.42. The van der Waals surface area contributed by atoms with E-state index in [1.807, 2.05) is 13.8 Å². The van der Waals surface area contributed by atoms with E-state index in [2.05, 4.69) is 0 Å². The largest absolute Gasteiger partial charge is 0.400 e. The lowest BCUT2D eigenvalue weighted by Crippen LogP contribution is -2.26. The predicted molar refractivity (Wildman–Crippen MR) is 48.3 cm³/mol. The van der Waals surface area contributed by atoms with E-state index in [9.17, 15) is 8.42 Å². The molecule has 0 aromatic heterocycles. The minimum absolute atomic E-state index is 0.173. The topological polar surface area (TPSA) is 52.6 Å². The van der Waals surface area contributed by atoms with Gasteiger partial charge in [0.15, 0.2) is 0 Å². The fourth-order valence-electron chi connectivity index (χ4n) is 1.42. The summed E-state index contributed by atoms with van der Waals surface area (Å²) in [4.78, 5) is 0. The summed E-state index contributed by atoms with van der Waals surface area (Å²) in [6.45, 7) is 7.44. The van der Waals surface area contributed by atoms with Crippen LogP contribution in [0, 0.1) is 11.8 Å². The summed E-state index contributed by atoms with van der Waals surface area (Å²) < 4.78 is 31.9. The third-order valence-corrected chi connectivity index (χ3v) is 3.93. The van der Waals surface area contributed by atoms with Gasteiger partial charge < -0.3 is 0 Å². The quantitative estimate of drug-likeness (QED) is 0.602. The Morgan fingerprint density at radius 2 is 1.15 bits per heavy atom. The first-order valence-electron chi connectivity index (χ1n) is 4.45. The Balaban J connectivity index is 2.92. The molecular formula is C8H16O4S. The molecule has 1 fully saturated rings. The first-order valence-corrected chi connectivity index (χ1v) is 5.78. The second-order valence-corrected chi connectivity index (χ2v) is 4.93. The van der Waals surface area contributed by atoms with Gasteiger partial charge in [-0.25, -0.2) is 8.37 Å². The molecular weight excluding hydrogens is 192 g/mol. The zero-order valence-corrected chi connectivity index (χ0v) is 9.17. The van der Waals surface area contributed by atoms with Crippen LogP contribution in [0.25, 0.3) is 0 Å². The van der Waals surface area contributed by atoms with E-state index in [0.29, 0.717) is 0 Å². The van der Waals surface area contributed by atoms with E-state index < -0.39 is 10.4 Å². The molecule has 0 N–H and O–H groups in total. The van der Waals surface area contributed by atoms with E-state index in [0.717, 1.165) is 0 Å². The second kappa shape index (κ2) is 3.55. The van der Waals surface area contributed by atoms with Gasteiger partial charge in [0, 0.05) is 0 Å². The molecule has 0 saturated carbocycles. The van der Waals surface area contributed by atoms with Gasteiger partial charge >= 0.3 is 10.4 Å². The van der Waals surface area contributed by atoms with Gasteiger partial charge in [0.1, 0.15) is 0 Å². The minimum Gasteiger partial charge on any atom is -0.245 e. The van der Waals surface area contributed by atoms with Crippen molar-refractivity contribution in [1.82, 2.24) is 0 Å². The predicted octanol–water partition coefficient (Wildman–Crippen LogP) is 1.33. The van der Waals surface area contributed by atoms with Gasteiger partial charge in [0.25, 0.3) is 0 Å². The first kappa shape index (κ1) is 10.9. The molecule has 0 unspecified atom stereocenters. The molecule has 0 aromatic carbocycles. The van der Waals surface area contributed by atoms with Crippen LogP contribution in [0.5, 0.6) is 0 Å². The van der Waals surface area contributed by atoms with Crippen LogP contribution in [0.2, 0.25) is 0 Å². The van der Waals surface area contributed by atoms with Gasteiger partial charge in [0.2, 0.25) is 0 Å². The van der Waals surface area contributed by atoms with Gasteiger partial charge in [-0.3, -0.25) is 0 Å². The molecule has 0 spiro atoms. The fourth-order valence-corrected chi connectivity index (χ4v) is 2.56. The van der Waals surface area contributed by atoms with E-state index in [1.165, 1.54) is 0 Å². The van der Waals surface area contributed by atoms with Crippen molar-refractivity contribution in [3.8, 4) is 0 Å². The molecule has 4 nitrogen and oxygen atoms in total. The standard InChI is InChI=1S/C8H16O4S/c1-5-6(2)8(4)12-13(9,10)11-7(5)3/h5-8H,1-4H3/t5-,6-,7+,8+/m0/s1. The van der Waals surface area contributed by atoms with E-state index in [4.69, 9.17) is 8.37 Å². The smallest absolute Gasteiger partial charge is 0.245 e. The highest BCUT2D eigenvalue weighted by Crippen LogP contribution is 2.28. The highest BCUT2D eigenvalue weighted by Gasteiger charge is 2.35. The van der Waals surface area contributed by atoms with E-state index >= 15 is 0 Å². The average molecular weight is 208 g/mol.